The summed E-state index contributed by atoms with van der Waals surface area (Å²) in [5, 5.41) is 13.9. The van der Waals surface area contributed by atoms with Gasteiger partial charge in [-0.25, -0.2) is 0 Å². The summed E-state index contributed by atoms with van der Waals surface area (Å²) in [5.41, 5.74) is 0. The molecule has 0 aromatic carbocycles. The lowest BCUT2D eigenvalue weighted by atomic mass is 10.4. The van der Waals surface area contributed by atoms with Crippen LogP contribution < -0.4 is 0 Å². The van der Waals surface area contributed by atoms with Crippen molar-refractivity contribution in [2.75, 3.05) is 19.8 Å². The summed E-state index contributed by atoms with van der Waals surface area (Å²) in [5.74, 6) is 0. The first-order chi connectivity index (χ1) is 6.47. The summed E-state index contributed by atoms with van der Waals surface area (Å²) < 4.78 is 50.9. The maximum atomic E-state index is 11.8. The van der Waals surface area contributed by atoms with Crippen LogP contribution in [-0.2, 0) is 4.74 Å². The minimum absolute atomic E-state index is 0.653. The topological polar surface area (TPSA) is 56.2 Å². The fourth-order valence-electron chi connectivity index (χ4n) is 0.564. The molecule has 14 heavy (non-hydrogen) atoms. The van der Waals surface area contributed by atoms with Crippen LogP contribution in [0.25, 0.3) is 0 Å². The third kappa shape index (κ3) is 6.05. The number of nitrogens with zero attached hydrogens (tertiary/aromatic N) is 2. The fourth-order valence-corrected chi connectivity index (χ4v) is 0.564. The van der Waals surface area contributed by atoms with Gasteiger partial charge in [-0.15, -0.1) is 8.96 Å². The molecule has 2 unspecified atom stereocenters. The van der Waals surface area contributed by atoms with E-state index in [0.29, 0.717) is 0 Å². The van der Waals surface area contributed by atoms with Crippen LogP contribution in [0.15, 0.2) is 0 Å². The molecule has 0 spiro atoms. The summed E-state index contributed by atoms with van der Waals surface area (Å²) in [6.45, 7) is -2.68. The SMILES string of the molecule is OCC(O)COC(CN(F)F)N(F)F. The van der Waals surface area contributed by atoms with Crippen LogP contribution in [0, 0.1) is 0 Å². The normalized spacial score (nSPS) is 16.3. The van der Waals surface area contributed by atoms with Crippen LogP contribution in [0.3, 0.4) is 0 Å². The largest absolute Gasteiger partial charge is 0.394 e. The number of hydrogen-bond donors (Lipinski definition) is 2. The van der Waals surface area contributed by atoms with Gasteiger partial charge >= 0.3 is 0 Å². The lowest BCUT2D eigenvalue weighted by Gasteiger charge is -2.18. The maximum absolute atomic E-state index is 11.8. The van der Waals surface area contributed by atoms with Gasteiger partial charge in [-0.3, -0.25) is 0 Å². The lowest BCUT2D eigenvalue weighted by Crippen LogP contribution is -2.36. The van der Waals surface area contributed by atoms with Gasteiger partial charge in [-0.2, -0.15) is 0 Å². The van der Waals surface area contributed by atoms with Crippen molar-refractivity contribution in [2.24, 2.45) is 0 Å². The van der Waals surface area contributed by atoms with Gasteiger partial charge in [0.15, 0.2) is 6.23 Å². The molecule has 0 bridgehead atoms. The Kier molecular flexibility index (Phi) is 6.66. The molecule has 2 N–H and O–H groups in total. The highest BCUT2D eigenvalue weighted by Crippen LogP contribution is 2.07. The molecule has 86 valence electrons. The summed E-state index contributed by atoms with van der Waals surface area (Å²) in [6, 6.07) is 0. The van der Waals surface area contributed by atoms with Crippen LogP contribution in [0.1, 0.15) is 0 Å². The molecular formula is C5H10F4N2O3. The van der Waals surface area contributed by atoms with E-state index in [-0.39, 0.29) is 0 Å². The summed E-state index contributed by atoms with van der Waals surface area (Å²) in [4.78, 5) is 0. The van der Waals surface area contributed by atoms with Crippen LogP contribution in [-0.4, -0.2) is 53.0 Å². The van der Waals surface area contributed by atoms with E-state index >= 15 is 0 Å². The number of aliphatic hydroxyl groups excluding tert-OH is 2. The zero-order valence-corrected chi connectivity index (χ0v) is 6.98. The zero-order chi connectivity index (χ0) is 11.1. The van der Waals surface area contributed by atoms with E-state index in [1.807, 2.05) is 0 Å². The molecular weight excluding hydrogens is 212 g/mol. The highest BCUT2D eigenvalue weighted by molar-refractivity contribution is 4.53. The molecule has 0 radical (unpaired) electrons. The molecule has 9 heteroatoms. The molecule has 5 nitrogen and oxygen atoms in total. The van der Waals surface area contributed by atoms with Gasteiger partial charge in [0.25, 0.3) is 0 Å². The number of ether oxygens (including phenoxy) is 1. The first-order valence-corrected chi connectivity index (χ1v) is 3.57. The summed E-state index contributed by atoms with van der Waals surface area (Å²) in [7, 11) is 0. The highest BCUT2D eigenvalue weighted by Gasteiger charge is 2.23. The van der Waals surface area contributed by atoms with Gasteiger partial charge in [0.2, 0.25) is 0 Å². The van der Waals surface area contributed by atoms with E-state index in [1.165, 1.54) is 0 Å². The fraction of sp³-hybridized carbons (Fsp3) is 1.00. The Morgan fingerprint density at radius 1 is 1.21 bits per heavy atom. The molecule has 0 rings (SSSR count). The van der Waals surface area contributed by atoms with Gasteiger partial charge in [0.1, 0.15) is 12.6 Å². The molecule has 0 aliphatic rings. The van der Waals surface area contributed by atoms with E-state index in [4.69, 9.17) is 10.2 Å². The number of hydrogen-bond acceptors (Lipinski definition) is 5. The lowest BCUT2D eigenvalue weighted by molar-refractivity contribution is -0.297. The monoisotopic (exact) mass is 222 g/mol. The second-order valence-electron chi connectivity index (χ2n) is 2.37. The molecule has 0 amide bonds. The molecule has 0 aromatic rings. The number of halogens is 4. The van der Waals surface area contributed by atoms with Crippen molar-refractivity contribution in [3.8, 4) is 0 Å². The Morgan fingerprint density at radius 3 is 2.14 bits per heavy atom. The predicted molar refractivity (Wildman–Crippen MR) is 35.8 cm³/mol. The predicted octanol–water partition coefficient (Wildman–Crippen LogP) is -0.176. The van der Waals surface area contributed by atoms with Crippen molar-refractivity contribution in [3.63, 3.8) is 0 Å². The summed E-state index contributed by atoms with van der Waals surface area (Å²) >= 11 is 0. The molecule has 0 saturated carbocycles. The molecule has 0 fully saturated rings. The first-order valence-electron chi connectivity index (χ1n) is 3.57. The second kappa shape index (κ2) is 6.90. The number of rotatable bonds is 7. The molecule has 0 heterocycles. The van der Waals surface area contributed by atoms with Gasteiger partial charge in [0.05, 0.1) is 18.6 Å². The molecule has 0 aromatic heterocycles. The molecule has 0 aliphatic carbocycles. The van der Waals surface area contributed by atoms with E-state index in [2.05, 4.69) is 4.74 Å². The number of aliphatic hydroxyl groups is 2. The van der Waals surface area contributed by atoms with Gasteiger partial charge < -0.3 is 14.9 Å². The van der Waals surface area contributed by atoms with Crippen molar-refractivity contribution in [2.45, 2.75) is 12.3 Å². The van der Waals surface area contributed by atoms with Crippen molar-refractivity contribution in [3.05, 3.63) is 0 Å². The van der Waals surface area contributed by atoms with Gasteiger partial charge in [-0.1, -0.05) is 8.96 Å². The van der Waals surface area contributed by atoms with Gasteiger partial charge in [-0.05, 0) is 0 Å². The minimum Gasteiger partial charge on any atom is -0.394 e. The Balaban J connectivity index is 3.85. The van der Waals surface area contributed by atoms with Crippen LogP contribution in [0.5, 0.6) is 0 Å². The molecule has 2 atom stereocenters. The first kappa shape index (κ1) is 13.5. The Labute approximate surface area is 76.8 Å². The average Bonchev–Trinajstić information content (AvgIpc) is 2.10. The third-order valence-electron chi connectivity index (χ3n) is 1.20. The zero-order valence-electron chi connectivity index (χ0n) is 6.98. The smallest absolute Gasteiger partial charge is 0.188 e. The highest BCUT2D eigenvalue weighted by atomic mass is 19.4. The molecule has 0 saturated heterocycles. The van der Waals surface area contributed by atoms with Crippen molar-refractivity contribution >= 4 is 0 Å². The van der Waals surface area contributed by atoms with Crippen molar-refractivity contribution in [1.29, 1.82) is 0 Å². The second-order valence-corrected chi connectivity index (χ2v) is 2.37. The average molecular weight is 222 g/mol. The van der Waals surface area contributed by atoms with E-state index < -0.39 is 42.8 Å². The third-order valence-corrected chi connectivity index (χ3v) is 1.20. The van der Waals surface area contributed by atoms with E-state index in [1.54, 1.807) is 0 Å². The minimum atomic E-state index is -2.15. The van der Waals surface area contributed by atoms with Crippen molar-refractivity contribution < 1.29 is 32.9 Å². The Morgan fingerprint density at radius 2 is 1.79 bits per heavy atom. The van der Waals surface area contributed by atoms with Crippen LogP contribution >= 0.6 is 0 Å². The van der Waals surface area contributed by atoms with E-state index in [9.17, 15) is 17.9 Å². The van der Waals surface area contributed by atoms with E-state index in [0.717, 1.165) is 0 Å². The van der Waals surface area contributed by atoms with Crippen molar-refractivity contribution in [1.82, 2.24) is 10.7 Å². The quantitative estimate of drug-likeness (QED) is 0.355. The Bertz CT molecular complexity index is 151. The standard InChI is InChI=1S/C5H10F4N2O3/c6-10(7)1-5(11(8)9)14-3-4(13)2-12/h4-5,12-13H,1-3H2. The summed E-state index contributed by atoms with van der Waals surface area (Å²) in [6.07, 6.45) is -3.52. The van der Waals surface area contributed by atoms with Crippen LogP contribution in [0.2, 0.25) is 0 Å². The Hall–Kier alpha value is -0.480. The maximum Gasteiger partial charge on any atom is 0.188 e. The van der Waals surface area contributed by atoms with Crippen LogP contribution in [0.4, 0.5) is 17.9 Å². The van der Waals surface area contributed by atoms with Gasteiger partial charge in [0, 0.05) is 5.34 Å². The molecule has 0 aliphatic heterocycles.